The highest BCUT2D eigenvalue weighted by Gasteiger charge is 2.15. The van der Waals surface area contributed by atoms with Crippen molar-refractivity contribution in [2.75, 3.05) is 26.3 Å². The molecule has 1 aliphatic rings. The Morgan fingerprint density at radius 2 is 2.00 bits per heavy atom. The van der Waals surface area contributed by atoms with Crippen LogP contribution < -0.4 is 0 Å². The number of rotatable bonds is 4. The lowest BCUT2D eigenvalue weighted by Crippen LogP contribution is -2.35. The van der Waals surface area contributed by atoms with Crippen molar-refractivity contribution in [2.45, 2.75) is 6.54 Å². The fourth-order valence-electron chi connectivity index (χ4n) is 3.52. The number of aromatic nitrogens is 3. The highest BCUT2D eigenvalue weighted by atomic mass is 32.1. The zero-order valence-corrected chi connectivity index (χ0v) is 16.1. The van der Waals surface area contributed by atoms with Gasteiger partial charge in [-0.1, -0.05) is 12.1 Å². The Hall–Kier alpha value is -2.74. The van der Waals surface area contributed by atoms with Gasteiger partial charge in [0, 0.05) is 52.1 Å². The number of aromatic hydroxyl groups is 1. The van der Waals surface area contributed by atoms with Crippen molar-refractivity contribution in [3.05, 3.63) is 53.5 Å². The number of morpholine rings is 1. The third-order valence-corrected chi connectivity index (χ3v) is 6.13. The number of thiophene rings is 1. The van der Waals surface area contributed by atoms with Gasteiger partial charge in [-0.25, -0.2) is 4.98 Å². The van der Waals surface area contributed by atoms with Gasteiger partial charge in [-0.2, -0.15) is 5.10 Å². The van der Waals surface area contributed by atoms with E-state index in [0.717, 1.165) is 55.1 Å². The summed E-state index contributed by atoms with van der Waals surface area (Å²) >= 11 is 1.79. The van der Waals surface area contributed by atoms with Gasteiger partial charge < -0.3 is 9.84 Å². The lowest BCUT2D eigenvalue weighted by molar-refractivity contribution is 0.0346. The molecule has 0 unspecified atom stereocenters. The molecular weight excluding hydrogens is 372 g/mol. The maximum atomic E-state index is 10.2. The number of para-hydroxylation sites is 1. The van der Waals surface area contributed by atoms with Crippen molar-refractivity contribution in [3.8, 4) is 27.4 Å². The smallest absolute Gasteiger partial charge is 0.181 e. The molecule has 0 bridgehead atoms. The molecule has 1 fully saturated rings. The topological polar surface area (TPSA) is 74.3 Å². The van der Waals surface area contributed by atoms with Gasteiger partial charge in [0.2, 0.25) is 0 Å². The number of nitrogens with zero attached hydrogens (tertiary/aromatic N) is 3. The second-order valence-electron chi connectivity index (χ2n) is 6.87. The number of nitrogens with one attached hydrogen (secondary N) is 1. The van der Waals surface area contributed by atoms with Gasteiger partial charge in [-0.05, 0) is 30.3 Å². The standard InChI is InChI=1S/C21H20N4O2S/c26-18-4-2-1-3-16(18)20-17-11-14(12-22-21(17)24-23-20)19-6-5-15(28-19)13-25-7-9-27-10-8-25/h1-6,11-12,26H,7-10,13H2,(H,22,23,24). The minimum atomic E-state index is 0.224. The molecule has 5 rings (SSSR count). The Balaban J connectivity index is 1.47. The Labute approximate surface area is 166 Å². The predicted octanol–water partition coefficient (Wildman–Crippen LogP) is 3.89. The molecule has 1 saturated heterocycles. The van der Waals surface area contributed by atoms with Crippen molar-refractivity contribution in [1.29, 1.82) is 0 Å². The Morgan fingerprint density at radius 1 is 1.14 bits per heavy atom. The van der Waals surface area contributed by atoms with Crippen molar-refractivity contribution in [1.82, 2.24) is 20.1 Å². The Kier molecular flexibility index (Phi) is 4.56. The number of hydrogen-bond donors (Lipinski definition) is 2. The van der Waals surface area contributed by atoms with Crippen LogP contribution in [0.4, 0.5) is 0 Å². The van der Waals surface area contributed by atoms with E-state index in [0.29, 0.717) is 5.65 Å². The van der Waals surface area contributed by atoms with Crippen LogP contribution in [0.2, 0.25) is 0 Å². The SMILES string of the molecule is Oc1ccccc1-c1[nH]nc2ncc(-c3ccc(CN4CCOCC4)s3)cc12. The van der Waals surface area contributed by atoms with Gasteiger partial charge in [-0.3, -0.25) is 10.00 Å². The molecule has 0 aliphatic carbocycles. The van der Waals surface area contributed by atoms with Crippen LogP contribution in [0.15, 0.2) is 48.7 Å². The summed E-state index contributed by atoms with van der Waals surface area (Å²) in [5.74, 6) is 0.224. The van der Waals surface area contributed by atoms with Gasteiger partial charge in [0.15, 0.2) is 5.65 Å². The summed E-state index contributed by atoms with van der Waals surface area (Å²) in [4.78, 5) is 9.46. The first-order chi connectivity index (χ1) is 13.8. The quantitative estimate of drug-likeness (QED) is 0.551. The third kappa shape index (κ3) is 3.28. The molecule has 0 spiro atoms. The van der Waals surface area contributed by atoms with Crippen LogP contribution in [0.25, 0.3) is 32.7 Å². The maximum Gasteiger partial charge on any atom is 0.181 e. The van der Waals surface area contributed by atoms with Gasteiger partial charge in [0.1, 0.15) is 5.75 Å². The van der Waals surface area contributed by atoms with Crippen molar-refractivity contribution >= 4 is 22.4 Å². The first kappa shape index (κ1) is 17.4. The number of ether oxygens (including phenoxy) is 1. The number of aromatic amines is 1. The summed E-state index contributed by atoms with van der Waals surface area (Å²) < 4.78 is 5.43. The molecule has 0 radical (unpaired) electrons. The summed E-state index contributed by atoms with van der Waals surface area (Å²) in [6, 6.07) is 13.7. The lowest BCUT2D eigenvalue weighted by atomic mass is 10.1. The van der Waals surface area contributed by atoms with E-state index in [-0.39, 0.29) is 5.75 Å². The van der Waals surface area contributed by atoms with Crippen molar-refractivity contribution in [3.63, 3.8) is 0 Å². The van der Waals surface area contributed by atoms with Crippen molar-refractivity contribution < 1.29 is 9.84 Å². The molecule has 28 heavy (non-hydrogen) atoms. The minimum Gasteiger partial charge on any atom is -0.507 e. The van der Waals surface area contributed by atoms with Gasteiger partial charge in [0.25, 0.3) is 0 Å². The average Bonchev–Trinajstić information content (AvgIpc) is 3.36. The van der Waals surface area contributed by atoms with E-state index < -0.39 is 0 Å². The van der Waals surface area contributed by atoms with Gasteiger partial charge in [-0.15, -0.1) is 11.3 Å². The zero-order valence-electron chi connectivity index (χ0n) is 15.3. The number of pyridine rings is 1. The number of benzene rings is 1. The summed E-state index contributed by atoms with van der Waals surface area (Å²) in [5, 5.41) is 18.4. The molecule has 0 amide bonds. The monoisotopic (exact) mass is 392 g/mol. The molecule has 2 N–H and O–H groups in total. The molecule has 0 atom stereocenters. The molecule has 6 nitrogen and oxygen atoms in total. The highest BCUT2D eigenvalue weighted by molar-refractivity contribution is 7.15. The van der Waals surface area contributed by atoms with Crippen LogP contribution in [0.1, 0.15) is 4.88 Å². The summed E-state index contributed by atoms with van der Waals surface area (Å²) in [7, 11) is 0. The third-order valence-electron chi connectivity index (χ3n) is 5.01. The van der Waals surface area contributed by atoms with E-state index in [4.69, 9.17) is 4.74 Å². The van der Waals surface area contributed by atoms with E-state index in [9.17, 15) is 5.11 Å². The molecule has 4 heterocycles. The Morgan fingerprint density at radius 3 is 2.86 bits per heavy atom. The molecule has 3 aromatic heterocycles. The van der Waals surface area contributed by atoms with Crippen LogP contribution in [0.5, 0.6) is 5.75 Å². The molecular formula is C21H20N4O2S. The van der Waals surface area contributed by atoms with Crippen molar-refractivity contribution in [2.24, 2.45) is 0 Å². The average molecular weight is 392 g/mol. The van der Waals surface area contributed by atoms with Gasteiger partial charge in [0.05, 0.1) is 18.9 Å². The van der Waals surface area contributed by atoms with E-state index in [1.165, 1.54) is 9.75 Å². The fraction of sp³-hybridized carbons (Fsp3) is 0.238. The number of hydrogen-bond acceptors (Lipinski definition) is 6. The molecule has 4 aromatic rings. The number of phenolic OH excluding ortho intramolecular Hbond substituents is 1. The second kappa shape index (κ2) is 7.35. The summed E-state index contributed by atoms with van der Waals surface area (Å²) in [6.07, 6.45) is 1.86. The van der Waals surface area contributed by atoms with E-state index >= 15 is 0 Å². The molecule has 0 saturated carbocycles. The highest BCUT2D eigenvalue weighted by Crippen LogP contribution is 2.35. The summed E-state index contributed by atoms with van der Waals surface area (Å²) in [6.45, 7) is 4.56. The van der Waals surface area contributed by atoms with Gasteiger partial charge >= 0.3 is 0 Å². The van der Waals surface area contributed by atoms with E-state index in [1.807, 2.05) is 24.4 Å². The number of phenols is 1. The molecule has 142 valence electrons. The molecule has 1 aliphatic heterocycles. The van der Waals surface area contributed by atoms with Crippen LogP contribution in [-0.4, -0.2) is 51.5 Å². The Bertz CT molecular complexity index is 1110. The first-order valence-corrected chi connectivity index (χ1v) is 10.1. The fourth-order valence-corrected chi connectivity index (χ4v) is 4.55. The largest absolute Gasteiger partial charge is 0.507 e. The lowest BCUT2D eigenvalue weighted by Gasteiger charge is -2.25. The maximum absolute atomic E-state index is 10.2. The normalized spacial score (nSPS) is 15.3. The summed E-state index contributed by atoms with van der Waals surface area (Å²) in [5.41, 5.74) is 3.21. The predicted molar refractivity (Wildman–Crippen MR) is 110 cm³/mol. The zero-order chi connectivity index (χ0) is 18.9. The molecule has 7 heteroatoms. The minimum absolute atomic E-state index is 0.224. The van der Waals surface area contributed by atoms with Crippen LogP contribution in [0.3, 0.4) is 0 Å². The molecule has 1 aromatic carbocycles. The van der Waals surface area contributed by atoms with E-state index in [1.54, 1.807) is 17.4 Å². The number of H-pyrrole nitrogens is 1. The van der Waals surface area contributed by atoms with Crippen LogP contribution in [-0.2, 0) is 11.3 Å². The first-order valence-electron chi connectivity index (χ1n) is 9.29. The van der Waals surface area contributed by atoms with E-state index in [2.05, 4.69) is 38.3 Å². The number of fused-ring (bicyclic) bond motifs is 1. The van der Waals surface area contributed by atoms with Crippen LogP contribution in [0, 0.1) is 0 Å². The van der Waals surface area contributed by atoms with Crippen LogP contribution >= 0.6 is 11.3 Å². The second-order valence-corrected chi connectivity index (χ2v) is 8.03.